The van der Waals surface area contributed by atoms with Crippen molar-refractivity contribution < 1.29 is 59.1 Å². The van der Waals surface area contributed by atoms with Crippen LogP contribution in [-0.4, -0.2) is 19.6 Å². The Morgan fingerprint density at radius 3 is 1.88 bits per heavy atom. The molecule has 0 saturated carbocycles. The van der Waals surface area contributed by atoms with Crippen molar-refractivity contribution in [3.05, 3.63) is 192 Å². The molecule has 0 spiro atoms. The number of nitrogens with zero attached hydrogens (tertiary/aromatic N) is 3. The summed E-state index contributed by atoms with van der Waals surface area (Å²) in [4.78, 5) is 9.77. The van der Waals surface area contributed by atoms with Gasteiger partial charge in [-0.25, -0.2) is 4.98 Å². The van der Waals surface area contributed by atoms with Gasteiger partial charge < -0.3 is 5.11 Å². The first-order valence-electron chi connectivity index (χ1n) is 33.1. The van der Waals surface area contributed by atoms with E-state index in [1.807, 2.05) is 63.2 Å². The number of pyridine rings is 1. The standard InChI is InChI=1S/C62H60N3O.Pt/c1-39-29-45(42-21-16-13-17-22-42)32-46(30-39)44-27-28-63-54(36-44)48-33-47(34-49(35-48)60(3,4)5)51-23-18-24-56-57(51)64-59(52-37-50(61(6,7)8)38-53(58(52)66)62(9,10)11)65(56)55-26-25-43(31-40(55)2)41-19-14-12-15-20-41;/h12-32,34-38,66H,1-11H3;/q-1;/i1D3,2D3,6D3,7D3,8D3,9D3,10D3,11D3;. The number of phenolic OH excluding ortho intramolecular Hbond substituents is 1. The molecule has 340 valence electrons. The number of fused-ring (bicyclic) bond motifs is 1. The number of imidazole rings is 1. The zero-order chi connectivity index (χ0) is 66.7. The van der Waals surface area contributed by atoms with E-state index in [0.29, 0.717) is 56.3 Å². The molecule has 9 rings (SSSR count). The minimum atomic E-state index is -4.26. The summed E-state index contributed by atoms with van der Waals surface area (Å²) in [5.74, 6) is -2.22. The summed E-state index contributed by atoms with van der Waals surface area (Å²) >= 11 is 0. The van der Waals surface area contributed by atoms with Gasteiger partial charge in [-0.2, -0.15) is 0 Å². The molecule has 2 aromatic heterocycles. The molecule has 0 unspecified atom stereocenters. The maximum atomic E-state index is 13.0. The predicted molar refractivity (Wildman–Crippen MR) is 278 cm³/mol. The van der Waals surface area contributed by atoms with Gasteiger partial charge in [0.25, 0.3) is 0 Å². The third kappa shape index (κ3) is 9.47. The van der Waals surface area contributed by atoms with E-state index in [1.54, 1.807) is 85.1 Å². The van der Waals surface area contributed by atoms with E-state index in [1.165, 1.54) is 18.2 Å². The van der Waals surface area contributed by atoms with Crippen LogP contribution in [0.2, 0.25) is 0 Å². The van der Waals surface area contributed by atoms with Crippen LogP contribution in [0.5, 0.6) is 5.75 Å². The van der Waals surface area contributed by atoms with Gasteiger partial charge in [0.05, 0.1) is 22.3 Å². The van der Waals surface area contributed by atoms with Crippen LogP contribution < -0.4 is 0 Å². The van der Waals surface area contributed by atoms with Crippen LogP contribution in [-0.2, 0) is 37.3 Å². The van der Waals surface area contributed by atoms with E-state index in [4.69, 9.17) is 42.9 Å². The molecular formula is C62H60N3OPt-. The topological polar surface area (TPSA) is 50.9 Å². The van der Waals surface area contributed by atoms with Crippen molar-refractivity contribution in [3.8, 4) is 78.6 Å². The Balaban J connectivity index is 0.0000107. The normalized spacial score (nSPS) is 18.9. The minimum Gasteiger partial charge on any atom is -0.507 e. The van der Waals surface area contributed by atoms with Crippen LogP contribution >= 0.6 is 0 Å². The number of para-hydroxylation sites is 1. The molecule has 0 aliphatic rings. The Hall–Kier alpha value is -6.35. The summed E-state index contributed by atoms with van der Waals surface area (Å²) in [6, 6.07) is 43.2. The van der Waals surface area contributed by atoms with Gasteiger partial charge in [-0.05, 0) is 116 Å². The molecule has 0 aliphatic carbocycles. The van der Waals surface area contributed by atoms with Crippen molar-refractivity contribution >= 4 is 11.0 Å². The van der Waals surface area contributed by atoms with Crippen molar-refractivity contribution in [2.24, 2.45) is 0 Å². The zero-order valence-corrected chi connectivity index (χ0v) is 38.9. The average Bonchev–Trinajstić information content (AvgIpc) is 1.15. The van der Waals surface area contributed by atoms with Crippen LogP contribution in [0.3, 0.4) is 0 Å². The molecule has 2 heterocycles. The molecule has 9 aromatic rings. The third-order valence-corrected chi connectivity index (χ3v) is 11.7. The Morgan fingerprint density at radius 1 is 0.552 bits per heavy atom. The fourth-order valence-corrected chi connectivity index (χ4v) is 8.22. The summed E-state index contributed by atoms with van der Waals surface area (Å²) in [7, 11) is 0. The molecule has 0 aliphatic heterocycles. The molecular weight excluding hydrogens is 998 g/mol. The first kappa shape index (κ1) is 25.7. The molecule has 4 nitrogen and oxygen atoms in total. The van der Waals surface area contributed by atoms with E-state index >= 15 is 0 Å². The molecule has 67 heavy (non-hydrogen) atoms. The molecule has 0 radical (unpaired) electrons. The second-order valence-electron chi connectivity index (χ2n) is 17.5. The number of phenols is 1. The summed E-state index contributed by atoms with van der Waals surface area (Å²) < 4.78 is 211. The number of benzene rings is 7. The predicted octanol–water partition coefficient (Wildman–Crippen LogP) is 16.4. The van der Waals surface area contributed by atoms with Crippen LogP contribution in [0.15, 0.2) is 158 Å². The number of aryl methyl sites for hydroxylation is 2. The Kier molecular flexibility index (Phi) is 6.92. The van der Waals surface area contributed by atoms with Gasteiger partial charge in [-0.1, -0.05) is 176 Å². The maximum Gasteiger partial charge on any atom is 0.148 e. The van der Waals surface area contributed by atoms with E-state index < -0.39 is 105 Å². The van der Waals surface area contributed by atoms with E-state index in [2.05, 4.69) is 6.07 Å². The van der Waals surface area contributed by atoms with Gasteiger partial charge in [-0.15, -0.1) is 29.3 Å². The number of hydrogen-bond donors (Lipinski definition) is 1. The number of aromatic nitrogens is 3. The van der Waals surface area contributed by atoms with Crippen LogP contribution in [0.25, 0.3) is 83.9 Å². The SMILES string of the molecule is [2H]C([2H])([2H])c1cc(-c2ccccc2)cc(-c2ccnc(-c3[c-]c(-c4cccc5c4nc(-c4cc(C(C([2H])([2H])[2H])(C([2H])([2H])[2H])C([2H])([2H])[2H])cc(C(C([2H])([2H])[2H])(C([2H])([2H])[2H])C([2H])([2H])[2H])c4O)n5-c4ccc(-c5ccccc5)cc4C([2H])([2H])[2H])cc(C(C)(C)C)c3)c2)c1.[Pt]. The van der Waals surface area contributed by atoms with Gasteiger partial charge in [0.1, 0.15) is 11.6 Å². The first-order valence-corrected chi connectivity index (χ1v) is 21.1. The maximum absolute atomic E-state index is 13.0. The monoisotopic (exact) mass is 1080 g/mol. The average molecular weight is 1080 g/mol. The van der Waals surface area contributed by atoms with Gasteiger partial charge in [-0.3, -0.25) is 9.55 Å². The fourth-order valence-electron chi connectivity index (χ4n) is 8.22. The summed E-state index contributed by atoms with van der Waals surface area (Å²) in [5.41, 5.74) is -8.09. The molecule has 0 bridgehead atoms. The van der Waals surface area contributed by atoms with Gasteiger partial charge in [0.15, 0.2) is 0 Å². The van der Waals surface area contributed by atoms with E-state index in [9.17, 15) is 5.11 Å². The van der Waals surface area contributed by atoms with Crippen molar-refractivity contribution in [3.63, 3.8) is 0 Å². The smallest absolute Gasteiger partial charge is 0.148 e. The Bertz CT molecular complexity index is 4110. The van der Waals surface area contributed by atoms with Gasteiger partial charge in [0, 0.05) is 71.4 Å². The quantitative estimate of drug-likeness (QED) is 0.162. The molecule has 0 atom stereocenters. The molecule has 0 amide bonds. The summed E-state index contributed by atoms with van der Waals surface area (Å²) in [5, 5.41) is 13.0. The van der Waals surface area contributed by atoms with E-state index in [-0.39, 0.29) is 55.0 Å². The second-order valence-corrected chi connectivity index (χ2v) is 17.5. The molecule has 1 N–H and O–H groups in total. The van der Waals surface area contributed by atoms with Crippen molar-refractivity contribution in [2.45, 2.75) is 91.8 Å². The first-order chi connectivity index (χ1) is 41.3. The second kappa shape index (κ2) is 18.0. The minimum absolute atomic E-state index is 0. The zero-order valence-electron chi connectivity index (χ0n) is 60.6. The van der Waals surface area contributed by atoms with Crippen LogP contribution in [0.1, 0.15) is 123 Å². The summed E-state index contributed by atoms with van der Waals surface area (Å²) in [6.07, 6.45) is 1.56. The van der Waals surface area contributed by atoms with Crippen molar-refractivity contribution in [1.29, 1.82) is 0 Å². The number of rotatable bonds is 7. The Morgan fingerprint density at radius 2 is 1.21 bits per heavy atom. The number of aromatic hydroxyl groups is 1. The molecule has 0 fully saturated rings. The molecule has 0 saturated heterocycles. The van der Waals surface area contributed by atoms with Crippen LogP contribution in [0, 0.1) is 19.8 Å². The van der Waals surface area contributed by atoms with E-state index in [0.717, 1.165) is 10.1 Å². The Labute approximate surface area is 445 Å². The summed E-state index contributed by atoms with van der Waals surface area (Å²) in [6.45, 7) is -24.9. The van der Waals surface area contributed by atoms with Crippen molar-refractivity contribution in [1.82, 2.24) is 14.5 Å². The molecule has 7 aromatic carbocycles. The van der Waals surface area contributed by atoms with Crippen molar-refractivity contribution in [2.75, 3.05) is 0 Å². The fraction of sp³-hybridized carbons (Fsp3) is 0.226. The molecule has 5 heteroatoms. The number of hydrogen-bond acceptors (Lipinski definition) is 3. The van der Waals surface area contributed by atoms with Crippen LogP contribution in [0.4, 0.5) is 0 Å². The largest absolute Gasteiger partial charge is 0.507 e. The third-order valence-electron chi connectivity index (χ3n) is 11.7. The van der Waals surface area contributed by atoms with Gasteiger partial charge >= 0.3 is 0 Å². The van der Waals surface area contributed by atoms with Gasteiger partial charge in [0.2, 0.25) is 0 Å².